The van der Waals surface area contributed by atoms with E-state index >= 15 is 0 Å². The summed E-state index contributed by atoms with van der Waals surface area (Å²) in [5, 5.41) is 11.5. The molecule has 0 aromatic heterocycles. The van der Waals surface area contributed by atoms with Gasteiger partial charge in [0, 0.05) is 6.42 Å². The van der Waals surface area contributed by atoms with Crippen molar-refractivity contribution in [2.75, 3.05) is 0 Å². The van der Waals surface area contributed by atoms with Gasteiger partial charge in [-0.3, -0.25) is 4.79 Å². The van der Waals surface area contributed by atoms with Crippen LogP contribution in [0.2, 0.25) is 0 Å². The number of carbonyl (C=O) groups excluding carboxylic acids is 1. The summed E-state index contributed by atoms with van der Waals surface area (Å²) in [5.41, 5.74) is 0. The lowest BCUT2D eigenvalue weighted by atomic mass is 10.1. The highest BCUT2D eigenvalue weighted by molar-refractivity contribution is 8.06. The second kappa shape index (κ2) is 8.35. The van der Waals surface area contributed by atoms with Gasteiger partial charge in [0.15, 0.2) is 5.78 Å². The lowest BCUT2D eigenvalue weighted by Gasteiger charge is -1.92. The number of nitriles is 1. The standard InChI is InChI=1S/C9H13NOS/c1-2-3-4-5-9(11)6-7-12-8-10/h6-7H,2-5H2,1H3/b7-6-. The lowest BCUT2D eigenvalue weighted by Crippen LogP contribution is -1.90. The van der Waals surface area contributed by atoms with Crippen molar-refractivity contribution in [2.45, 2.75) is 32.6 Å². The van der Waals surface area contributed by atoms with Crippen LogP contribution >= 0.6 is 11.8 Å². The van der Waals surface area contributed by atoms with E-state index < -0.39 is 0 Å². The molecule has 0 atom stereocenters. The molecule has 0 radical (unpaired) electrons. The Bertz CT molecular complexity index is 193. The van der Waals surface area contributed by atoms with Gasteiger partial charge in [-0.05, 0) is 29.7 Å². The number of rotatable bonds is 6. The largest absolute Gasteiger partial charge is 0.295 e. The Kier molecular flexibility index (Phi) is 7.83. The van der Waals surface area contributed by atoms with Gasteiger partial charge < -0.3 is 0 Å². The zero-order valence-electron chi connectivity index (χ0n) is 7.25. The summed E-state index contributed by atoms with van der Waals surface area (Å²) < 4.78 is 0. The molecular weight excluding hydrogens is 170 g/mol. The molecule has 66 valence electrons. The van der Waals surface area contributed by atoms with Crippen LogP contribution in [0.15, 0.2) is 11.5 Å². The quantitative estimate of drug-likeness (QED) is 0.361. The molecule has 0 aliphatic rings. The summed E-state index contributed by atoms with van der Waals surface area (Å²) in [7, 11) is 0. The van der Waals surface area contributed by atoms with E-state index in [-0.39, 0.29) is 5.78 Å². The third-order valence-electron chi connectivity index (χ3n) is 1.40. The Hall–Kier alpha value is -0.750. The van der Waals surface area contributed by atoms with Gasteiger partial charge in [-0.1, -0.05) is 19.8 Å². The van der Waals surface area contributed by atoms with Crippen molar-refractivity contribution >= 4 is 17.5 Å². The molecule has 0 saturated heterocycles. The zero-order chi connectivity index (χ0) is 9.23. The Morgan fingerprint density at radius 2 is 2.33 bits per heavy atom. The summed E-state index contributed by atoms with van der Waals surface area (Å²) >= 11 is 0.980. The van der Waals surface area contributed by atoms with Crippen LogP contribution in [0.5, 0.6) is 0 Å². The number of nitrogens with zero attached hydrogens (tertiary/aromatic N) is 1. The molecule has 0 aromatic rings. The number of thioether (sulfide) groups is 1. The molecule has 0 saturated carbocycles. The average molecular weight is 183 g/mol. The monoisotopic (exact) mass is 183 g/mol. The number of unbranched alkanes of at least 4 members (excludes halogenated alkanes) is 2. The molecule has 12 heavy (non-hydrogen) atoms. The third-order valence-corrected chi connectivity index (χ3v) is 1.78. The minimum absolute atomic E-state index is 0.117. The van der Waals surface area contributed by atoms with E-state index in [0.29, 0.717) is 6.42 Å². The summed E-state index contributed by atoms with van der Waals surface area (Å²) in [5.74, 6) is 0.117. The SMILES string of the molecule is CCCCCC(=O)/C=C\SC#N. The highest BCUT2D eigenvalue weighted by atomic mass is 32.2. The highest BCUT2D eigenvalue weighted by Gasteiger charge is 1.94. The fraction of sp³-hybridized carbons (Fsp3) is 0.556. The normalized spacial score (nSPS) is 10.0. The van der Waals surface area contributed by atoms with Gasteiger partial charge in [-0.15, -0.1) is 0 Å². The topological polar surface area (TPSA) is 40.9 Å². The average Bonchev–Trinajstić information content (AvgIpc) is 2.06. The Morgan fingerprint density at radius 3 is 2.92 bits per heavy atom. The maximum Gasteiger partial charge on any atom is 0.156 e. The van der Waals surface area contributed by atoms with Crippen LogP contribution in [0.3, 0.4) is 0 Å². The second-order valence-corrected chi connectivity index (χ2v) is 3.13. The summed E-state index contributed by atoms with van der Waals surface area (Å²) in [6.45, 7) is 2.10. The van der Waals surface area contributed by atoms with E-state index in [4.69, 9.17) is 5.26 Å². The molecule has 0 amide bonds. The number of ketones is 1. The fourth-order valence-electron chi connectivity index (χ4n) is 0.773. The number of thiocyanates is 1. The predicted octanol–water partition coefficient (Wildman–Crippen LogP) is 2.86. The Balaban J connectivity index is 3.40. The molecule has 0 aromatic carbocycles. The molecule has 0 rings (SSSR count). The van der Waals surface area contributed by atoms with Crippen LogP contribution in [0.1, 0.15) is 32.6 Å². The first-order valence-electron chi connectivity index (χ1n) is 4.05. The maximum absolute atomic E-state index is 11.0. The molecule has 0 unspecified atom stereocenters. The summed E-state index contributed by atoms with van der Waals surface area (Å²) in [4.78, 5) is 11.0. The van der Waals surface area contributed by atoms with E-state index in [1.54, 1.807) is 0 Å². The summed E-state index contributed by atoms with van der Waals surface area (Å²) in [6.07, 6.45) is 5.27. The summed E-state index contributed by atoms with van der Waals surface area (Å²) in [6, 6.07) is 0. The molecule has 0 N–H and O–H groups in total. The molecule has 0 fully saturated rings. The van der Waals surface area contributed by atoms with Crippen molar-refractivity contribution < 1.29 is 4.79 Å². The van der Waals surface area contributed by atoms with Crippen LogP contribution in [0.25, 0.3) is 0 Å². The molecule has 0 heterocycles. The van der Waals surface area contributed by atoms with Gasteiger partial charge in [-0.25, -0.2) is 0 Å². The van der Waals surface area contributed by atoms with Gasteiger partial charge in [0.2, 0.25) is 0 Å². The fourth-order valence-corrected chi connectivity index (χ4v) is 1.05. The first-order chi connectivity index (χ1) is 5.81. The zero-order valence-corrected chi connectivity index (χ0v) is 8.06. The predicted molar refractivity (Wildman–Crippen MR) is 51.5 cm³/mol. The van der Waals surface area contributed by atoms with Crippen molar-refractivity contribution in [1.29, 1.82) is 5.26 Å². The van der Waals surface area contributed by atoms with E-state index in [0.717, 1.165) is 31.0 Å². The molecular formula is C9H13NOS. The van der Waals surface area contributed by atoms with Gasteiger partial charge >= 0.3 is 0 Å². The van der Waals surface area contributed by atoms with Gasteiger partial charge in [0.05, 0.1) is 0 Å². The Labute approximate surface area is 77.6 Å². The third kappa shape index (κ3) is 7.36. The minimum Gasteiger partial charge on any atom is -0.295 e. The van der Waals surface area contributed by atoms with Crippen LogP contribution < -0.4 is 0 Å². The minimum atomic E-state index is 0.117. The van der Waals surface area contributed by atoms with E-state index in [2.05, 4.69) is 6.92 Å². The van der Waals surface area contributed by atoms with Gasteiger partial charge in [0.25, 0.3) is 0 Å². The van der Waals surface area contributed by atoms with Crippen molar-refractivity contribution in [3.63, 3.8) is 0 Å². The van der Waals surface area contributed by atoms with E-state index in [1.165, 1.54) is 11.5 Å². The number of hydrogen-bond acceptors (Lipinski definition) is 3. The van der Waals surface area contributed by atoms with Crippen molar-refractivity contribution in [3.05, 3.63) is 11.5 Å². The first-order valence-corrected chi connectivity index (χ1v) is 4.93. The number of hydrogen-bond donors (Lipinski definition) is 0. The molecule has 3 heteroatoms. The van der Waals surface area contributed by atoms with E-state index in [1.807, 2.05) is 5.40 Å². The Morgan fingerprint density at radius 1 is 1.58 bits per heavy atom. The lowest BCUT2D eigenvalue weighted by molar-refractivity contribution is -0.114. The number of carbonyl (C=O) groups is 1. The van der Waals surface area contributed by atoms with Crippen LogP contribution in [-0.4, -0.2) is 5.78 Å². The van der Waals surface area contributed by atoms with Crippen molar-refractivity contribution in [1.82, 2.24) is 0 Å². The van der Waals surface area contributed by atoms with Gasteiger partial charge in [-0.2, -0.15) is 5.26 Å². The van der Waals surface area contributed by atoms with Crippen LogP contribution in [0, 0.1) is 10.7 Å². The van der Waals surface area contributed by atoms with Crippen molar-refractivity contribution in [2.24, 2.45) is 0 Å². The van der Waals surface area contributed by atoms with Crippen LogP contribution in [0.4, 0.5) is 0 Å². The van der Waals surface area contributed by atoms with E-state index in [9.17, 15) is 4.79 Å². The molecule has 0 spiro atoms. The highest BCUT2D eigenvalue weighted by Crippen LogP contribution is 2.03. The first kappa shape index (κ1) is 11.2. The van der Waals surface area contributed by atoms with Gasteiger partial charge in [0.1, 0.15) is 5.40 Å². The second-order valence-electron chi connectivity index (χ2n) is 2.44. The van der Waals surface area contributed by atoms with Crippen molar-refractivity contribution in [3.8, 4) is 5.40 Å². The maximum atomic E-state index is 11.0. The molecule has 0 bridgehead atoms. The van der Waals surface area contributed by atoms with Crippen LogP contribution in [-0.2, 0) is 4.79 Å². The molecule has 0 aliphatic carbocycles. The molecule has 2 nitrogen and oxygen atoms in total. The smallest absolute Gasteiger partial charge is 0.156 e. The number of allylic oxidation sites excluding steroid dienone is 1. The molecule has 0 aliphatic heterocycles.